The molecule has 0 unspecified atom stereocenters. The first-order valence-corrected chi connectivity index (χ1v) is 8.98. The first-order valence-electron chi connectivity index (χ1n) is 8.18. The van der Waals surface area contributed by atoms with Crippen molar-refractivity contribution in [1.29, 1.82) is 0 Å². The van der Waals surface area contributed by atoms with Gasteiger partial charge < -0.3 is 10.6 Å². The van der Waals surface area contributed by atoms with Crippen molar-refractivity contribution in [3.05, 3.63) is 63.6 Å². The molecule has 26 heavy (non-hydrogen) atoms. The molecule has 3 rings (SSSR count). The summed E-state index contributed by atoms with van der Waals surface area (Å²) >= 11 is 3.43. The Morgan fingerprint density at radius 3 is 2.46 bits per heavy atom. The molecular weight excluding hydrogens is 398 g/mol. The number of rotatable bonds is 4. The van der Waals surface area contributed by atoms with Gasteiger partial charge in [0.1, 0.15) is 0 Å². The highest BCUT2D eigenvalue weighted by Crippen LogP contribution is 2.27. The summed E-state index contributed by atoms with van der Waals surface area (Å²) in [7, 11) is 0. The summed E-state index contributed by atoms with van der Waals surface area (Å²) in [4.78, 5) is 38.0. The molecule has 0 saturated carbocycles. The molecule has 1 heterocycles. The average molecular weight is 416 g/mol. The van der Waals surface area contributed by atoms with Gasteiger partial charge in [0.25, 0.3) is 11.8 Å². The Morgan fingerprint density at radius 1 is 1.08 bits per heavy atom. The topological polar surface area (TPSA) is 78.5 Å². The molecule has 0 atom stereocenters. The summed E-state index contributed by atoms with van der Waals surface area (Å²) in [6.07, 6.45) is 0. The Hall–Kier alpha value is -2.67. The highest BCUT2D eigenvalue weighted by atomic mass is 79.9. The van der Waals surface area contributed by atoms with Gasteiger partial charge in [-0.2, -0.15) is 0 Å². The zero-order valence-electron chi connectivity index (χ0n) is 14.4. The first-order chi connectivity index (χ1) is 12.4. The van der Waals surface area contributed by atoms with Crippen molar-refractivity contribution in [2.75, 3.05) is 5.32 Å². The molecule has 2 aromatic carbocycles. The third kappa shape index (κ3) is 3.48. The molecule has 1 aliphatic heterocycles. The van der Waals surface area contributed by atoms with Crippen LogP contribution in [0.2, 0.25) is 0 Å². The molecule has 0 saturated heterocycles. The quantitative estimate of drug-likeness (QED) is 0.745. The Kier molecular flexibility index (Phi) is 5.08. The Bertz CT molecular complexity index is 895. The second-order valence-corrected chi connectivity index (χ2v) is 7.09. The molecule has 134 valence electrons. The number of halogens is 1. The lowest BCUT2D eigenvalue weighted by Gasteiger charge is -2.17. The van der Waals surface area contributed by atoms with Crippen molar-refractivity contribution < 1.29 is 14.4 Å². The maximum absolute atomic E-state index is 12.4. The number of urea groups is 1. The average Bonchev–Trinajstić information content (AvgIpc) is 2.85. The zero-order chi connectivity index (χ0) is 18.8. The summed E-state index contributed by atoms with van der Waals surface area (Å²) < 4.78 is 0.913. The number of nitrogens with zero attached hydrogens (tertiary/aromatic N) is 1. The third-order valence-corrected chi connectivity index (χ3v) is 4.86. The molecule has 0 fully saturated rings. The summed E-state index contributed by atoms with van der Waals surface area (Å²) in [5.74, 6) is -0.637. The fourth-order valence-corrected chi connectivity index (χ4v) is 3.22. The van der Waals surface area contributed by atoms with E-state index in [1.165, 1.54) is 11.0 Å². The fraction of sp³-hybridized carbons (Fsp3) is 0.211. The van der Waals surface area contributed by atoms with Crippen molar-refractivity contribution >= 4 is 39.5 Å². The van der Waals surface area contributed by atoms with E-state index in [1.807, 2.05) is 24.3 Å². The summed E-state index contributed by atoms with van der Waals surface area (Å²) in [5, 5.41) is 5.45. The van der Waals surface area contributed by atoms with Gasteiger partial charge in [0, 0.05) is 22.7 Å². The van der Waals surface area contributed by atoms with Crippen LogP contribution in [-0.2, 0) is 6.54 Å². The number of hydrogen-bond donors (Lipinski definition) is 2. The van der Waals surface area contributed by atoms with E-state index in [-0.39, 0.29) is 17.9 Å². The Balaban J connectivity index is 1.69. The highest BCUT2D eigenvalue weighted by Gasteiger charge is 2.37. The lowest BCUT2D eigenvalue weighted by Crippen LogP contribution is -2.35. The highest BCUT2D eigenvalue weighted by molar-refractivity contribution is 9.10. The minimum Gasteiger partial charge on any atom is -0.334 e. The Labute approximate surface area is 159 Å². The molecule has 4 amide bonds. The van der Waals surface area contributed by atoms with Gasteiger partial charge in [0.05, 0.1) is 11.1 Å². The SMILES string of the molecule is CC(C)N1C(=O)c2ccc(NC(=O)NCc3ccccc3Br)cc2C1=O. The lowest BCUT2D eigenvalue weighted by molar-refractivity contribution is 0.0609. The van der Waals surface area contributed by atoms with E-state index >= 15 is 0 Å². The number of carbonyl (C=O) groups excluding carboxylic acids is 3. The second kappa shape index (κ2) is 7.29. The predicted octanol–water partition coefficient (Wildman–Crippen LogP) is 3.78. The van der Waals surface area contributed by atoms with Crippen LogP contribution >= 0.6 is 15.9 Å². The van der Waals surface area contributed by atoms with E-state index in [1.54, 1.807) is 26.0 Å². The second-order valence-electron chi connectivity index (χ2n) is 6.23. The van der Waals surface area contributed by atoms with Crippen LogP contribution in [-0.4, -0.2) is 28.8 Å². The molecule has 0 aliphatic carbocycles. The minimum atomic E-state index is -0.391. The van der Waals surface area contributed by atoms with Crippen molar-refractivity contribution in [2.24, 2.45) is 0 Å². The van der Waals surface area contributed by atoms with Crippen LogP contribution in [0.15, 0.2) is 46.9 Å². The smallest absolute Gasteiger partial charge is 0.319 e. The maximum atomic E-state index is 12.4. The number of carbonyl (C=O) groups is 3. The zero-order valence-corrected chi connectivity index (χ0v) is 16.0. The summed E-state index contributed by atoms with van der Waals surface area (Å²) in [5.41, 5.74) is 2.08. The maximum Gasteiger partial charge on any atom is 0.319 e. The number of amides is 4. The van der Waals surface area contributed by atoms with Gasteiger partial charge >= 0.3 is 6.03 Å². The van der Waals surface area contributed by atoms with Gasteiger partial charge in [-0.05, 0) is 43.7 Å². The predicted molar refractivity (Wildman–Crippen MR) is 102 cm³/mol. The van der Waals surface area contributed by atoms with E-state index in [9.17, 15) is 14.4 Å². The van der Waals surface area contributed by atoms with Gasteiger partial charge in [-0.1, -0.05) is 34.1 Å². The van der Waals surface area contributed by atoms with Gasteiger partial charge in [-0.15, -0.1) is 0 Å². The van der Waals surface area contributed by atoms with Crippen LogP contribution in [0.4, 0.5) is 10.5 Å². The van der Waals surface area contributed by atoms with Crippen LogP contribution in [0.3, 0.4) is 0 Å². The number of imide groups is 1. The first kappa shape index (κ1) is 18.1. The molecule has 0 radical (unpaired) electrons. The van der Waals surface area contributed by atoms with Gasteiger partial charge in [-0.25, -0.2) is 4.79 Å². The van der Waals surface area contributed by atoms with E-state index < -0.39 is 6.03 Å². The van der Waals surface area contributed by atoms with E-state index in [0.29, 0.717) is 23.4 Å². The van der Waals surface area contributed by atoms with Crippen molar-refractivity contribution in [3.63, 3.8) is 0 Å². The molecule has 0 aromatic heterocycles. The number of hydrogen-bond acceptors (Lipinski definition) is 3. The summed E-state index contributed by atoms with van der Waals surface area (Å²) in [6, 6.07) is 11.7. The van der Waals surface area contributed by atoms with E-state index in [2.05, 4.69) is 26.6 Å². The fourth-order valence-electron chi connectivity index (χ4n) is 2.80. The molecular formula is C19H18BrN3O3. The van der Waals surface area contributed by atoms with E-state index in [0.717, 1.165) is 10.0 Å². The Morgan fingerprint density at radius 2 is 1.77 bits per heavy atom. The van der Waals surface area contributed by atoms with Crippen LogP contribution in [0.25, 0.3) is 0 Å². The number of fused-ring (bicyclic) bond motifs is 1. The van der Waals surface area contributed by atoms with Crippen LogP contribution in [0.1, 0.15) is 40.1 Å². The monoisotopic (exact) mass is 415 g/mol. The van der Waals surface area contributed by atoms with Crippen molar-refractivity contribution in [1.82, 2.24) is 10.2 Å². The lowest BCUT2D eigenvalue weighted by atomic mass is 10.1. The number of nitrogens with one attached hydrogen (secondary N) is 2. The molecule has 6 nitrogen and oxygen atoms in total. The largest absolute Gasteiger partial charge is 0.334 e. The minimum absolute atomic E-state index is 0.216. The van der Waals surface area contributed by atoms with E-state index in [4.69, 9.17) is 0 Å². The van der Waals surface area contributed by atoms with Gasteiger partial charge in [0.2, 0.25) is 0 Å². The van der Waals surface area contributed by atoms with Crippen LogP contribution in [0.5, 0.6) is 0 Å². The molecule has 7 heteroatoms. The third-order valence-electron chi connectivity index (χ3n) is 4.09. The van der Waals surface area contributed by atoms with Crippen molar-refractivity contribution in [2.45, 2.75) is 26.4 Å². The molecule has 0 spiro atoms. The number of benzene rings is 2. The molecule has 1 aliphatic rings. The van der Waals surface area contributed by atoms with Gasteiger partial charge in [0.15, 0.2) is 0 Å². The van der Waals surface area contributed by atoms with Crippen molar-refractivity contribution in [3.8, 4) is 0 Å². The number of anilines is 1. The van der Waals surface area contributed by atoms with Crippen LogP contribution in [0, 0.1) is 0 Å². The summed E-state index contributed by atoms with van der Waals surface area (Å²) in [6.45, 7) is 3.93. The normalized spacial score (nSPS) is 13.2. The molecule has 2 N–H and O–H groups in total. The molecule has 0 bridgehead atoms. The standard InChI is InChI=1S/C19H18BrN3O3/c1-11(2)23-17(24)14-8-7-13(9-15(14)18(23)25)22-19(26)21-10-12-5-3-4-6-16(12)20/h3-9,11H,10H2,1-2H3,(H2,21,22,26). The molecule has 2 aromatic rings. The van der Waals surface area contributed by atoms with Gasteiger partial charge in [-0.3, -0.25) is 14.5 Å². The van der Waals surface area contributed by atoms with Crippen LogP contribution < -0.4 is 10.6 Å².